The molecule has 0 saturated carbocycles. The fourth-order valence-corrected chi connectivity index (χ4v) is 6.47. The van der Waals surface area contributed by atoms with Gasteiger partial charge in [0.05, 0.1) is 22.6 Å². The van der Waals surface area contributed by atoms with Crippen LogP contribution in [0.1, 0.15) is 0 Å². The SMILES string of the molecule is O=S(=O)([O-])O.O=S(=O)([O-])O.[CH2-]CS(=O)(=O)c1ccc(S(=O)(=O)[O-])c(N=Nc2c(NC)ccc3c(O)c(N=Nc4cc(OC)c(S(=O)(=O)C[CH2-])cc4O)[c-]cc23)c1.[Cu].[Na+].[Na+].[Na+].[Na+]. The summed E-state index contributed by atoms with van der Waals surface area (Å²) in [5, 5.41) is 40.5. The Bertz CT molecular complexity index is 2720. The van der Waals surface area contributed by atoms with Crippen molar-refractivity contribution in [1.82, 2.24) is 0 Å². The molecule has 0 aromatic heterocycles. The summed E-state index contributed by atoms with van der Waals surface area (Å²) in [6, 6.07) is 11.8. The average molecular weight is 1040 g/mol. The summed E-state index contributed by atoms with van der Waals surface area (Å²) in [5.74, 6) is -2.10. The number of aromatic hydroxyl groups is 2. The van der Waals surface area contributed by atoms with Crippen molar-refractivity contribution in [2.24, 2.45) is 20.5 Å². The number of benzene rings is 4. The van der Waals surface area contributed by atoms with Gasteiger partial charge in [-0.15, -0.1) is 5.11 Å². The van der Waals surface area contributed by atoms with E-state index in [-0.39, 0.29) is 179 Å². The number of ether oxygens (including phenoxy) is 1. The topological polar surface area (TPSA) is 392 Å². The zero-order chi connectivity index (χ0) is 43.0. The molecule has 4 aromatic rings. The molecule has 0 aliphatic rings. The van der Waals surface area contributed by atoms with Crippen molar-refractivity contribution in [3.63, 3.8) is 0 Å². The summed E-state index contributed by atoms with van der Waals surface area (Å²) < 4.78 is 156. The van der Waals surface area contributed by atoms with Crippen molar-refractivity contribution in [1.29, 1.82) is 0 Å². The minimum Gasteiger partial charge on any atom is -0.744 e. The molecule has 4 rings (SSSR count). The molecular weight excluding hydrogens is 1010 g/mol. The van der Waals surface area contributed by atoms with Crippen molar-refractivity contribution in [2.45, 2.75) is 14.7 Å². The first-order valence-corrected chi connectivity index (χ1v) is 21.6. The molecule has 0 amide bonds. The van der Waals surface area contributed by atoms with Crippen molar-refractivity contribution < 1.29 is 215 Å². The van der Waals surface area contributed by atoms with Crippen molar-refractivity contribution >= 4 is 89.8 Å². The van der Waals surface area contributed by atoms with E-state index in [1.807, 2.05) is 0 Å². The molecule has 319 valence electrons. The summed E-state index contributed by atoms with van der Waals surface area (Å²) in [4.78, 5) is -1.42. The van der Waals surface area contributed by atoms with Gasteiger partial charge in [-0.1, -0.05) is 28.3 Å². The number of anilines is 1. The van der Waals surface area contributed by atoms with Crippen LogP contribution in [-0.2, 0) is 67.7 Å². The molecule has 0 aliphatic heterocycles. The van der Waals surface area contributed by atoms with E-state index < -0.39 is 84.2 Å². The van der Waals surface area contributed by atoms with Crippen molar-refractivity contribution in [3.8, 4) is 17.2 Å². The maximum absolute atomic E-state index is 12.3. The number of phenolic OH excluding ortho intramolecular Hbond substituents is 2. The monoisotopic (exact) mass is 1040 g/mol. The molecule has 23 nitrogen and oxygen atoms in total. The van der Waals surface area contributed by atoms with E-state index in [1.54, 1.807) is 7.05 Å². The fraction of sp³-hybridized carbons (Fsp3) is 0.143. The predicted octanol–water partition coefficient (Wildman–Crippen LogP) is -8.93. The maximum Gasteiger partial charge on any atom is 1.00 e. The molecule has 0 bridgehead atoms. The number of hydrogen-bond acceptors (Lipinski definition) is 21. The average Bonchev–Trinajstić information content (AvgIpc) is 3.08. The van der Waals surface area contributed by atoms with Crippen LogP contribution in [0.2, 0.25) is 0 Å². The summed E-state index contributed by atoms with van der Waals surface area (Å²) >= 11 is 0. The van der Waals surface area contributed by atoms with Crippen LogP contribution in [0.25, 0.3) is 10.8 Å². The van der Waals surface area contributed by atoms with Gasteiger partial charge in [0.1, 0.15) is 37.9 Å². The molecule has 0 heterocycles. The quantitative estimate of drug-likeness (QED) is 0.0306. The van der Waals surface area contributed by atoms with Gasteiger partial charge in [0, 0.05) is 53.4 Å². The van der Waals surface area contributed by atoms with Gasteiger partial charge >= 0.3 is 118 Å². The molecule has 0 unspecified atom stereocenters. The number of fused-ring (bicyclic) bond motifs is 1. The van der Waals surface area contributed by atoms with E-state index in [0.29, 0.717) is 5.69 Å². The second kappa shape index (κ2) is 27.9. The molecule has 0 spiro atoms. The molecule has 1 radical (unpaired) electrons. The number of nitrogens with one attached hydrogen (secondary N) is 1. The minimum absolute atomic E-state index is 0. The number of nitrogens with zero attached hydrogens (tertiary/aromatic N) is 4. The van der Waals surface area contributed by atoms with Crippen LogP contribution in [0.3, 0.4) is 0 Å². The number of phenols is 2. The Hall–Kier alpha value is -0.391. The van der Waals surface area contributed by atoms with E-state index >= 15 is 0 Å². The second-order valence-corrected chi connectivity index (χ2v) is 17.4. The van der Waals surface area contributed by atoms with Gasteiger partial charge in [0.2, 0.25) is 20.8 Å². The van der Waals surface area contributed by atoms with Crippen LogP contribution in [0.5, 0.6) is 17.2 Å². The van der Waals surface area contributed by atoms with Crippen LogP contribution < -0.4 is 128 Å². The number of methoxy groups -OCH3 is 1. The van der Waals surface area contributed by atoms with Gasteiger partial charge in [0.25, 0.3) is 0 Å². The van der Waals surface area contributed by atoms with Crippen LogP contribution in [-0.4, -0.2) is 101 Å². The molecule has 4 aromatic carbocycles. The number of hydrogen-bond donors (Lipinski definition) is 5. The summed E-state index contributed by atoms with van der Waals surface area (Å²) in [7, 11) is -19.9. The van der Waals surface area contributed by atoms with E-state index in [0.717, 1.165) is 30.3 Å². The van der Waals surface area contributed by atoms with Crippen LogP contribution >= 0.6 is 0 Å². The number of rotatable bonds is 11. The number of azo groups is 2. The first-order valence-electron chi connectivity index (χ1n) is 14.2. The zero-order valence-corrected chi connectivity index (χ0v) is 45.6. The zero-order valence-electron chi connectivity index (χ0n) is 32.6. The van der Waals surface area contributed by atoms with Crippen LogP contribution in [0.4, 0.5) is 28.4 Å². The molecular formula is C28H27CuN5Na4O18S5-2. The van der Waals surface area contributed by atoms with Gasteiger partial charge < -0.3 is 47.8 Å². The molecule has 0 aliphatic carbocycles. The fourth-order valence-electron chi connectivity index (χ4n) is 4.12. The summed E-state index contributed by atoms with van der Waals surface area (Å²) in [6.45, 7) is 6.71. The Balaban J connectivity index is -0.000000972. The van der Waals surface area contributed by atoms with Gasteiger partial charge in [-0.3, -0.25) is 9.11 Å². The molecule has 0 fully saturated rings. The Labute approximate surface area is 450 Å². The van der Waals surface area contributed by atoms with Gasteiger partial charge in [0.15, 0.2) is 19.7 Å². The van der Waals surface area contributed by atoms with Gasteiger partial charge in [-0.25, -0.2) is 42.1 Å². The molecule has 61 heavy (non-hydrogen) atoms. The summed E-state index contributed by atoms with van der Waals surface area (Å²) in [6.07, 6.45) is 0. The molecule has 5 N–H and O–H groups in total. The standard InChI is InChI=1S/C28H26N5O10S3.Cu.4Na.2H2O4S/c1-5-44(36,37)16-7-12-25(46(40,41)42)22(13-16)32-33-27-17-8-11-20(28(35)18(17)9-10-19(27)29-3)30-31-21-14-24(43-4)26(15-23(21)34)45(38,39)6-2;;;;;;2*1-5(2,3)4/h7-10,12-15,29,34-35H,1-2,5-6H2,3-4H3,(H,40,41,42);;;;;;2*(H2,1,2,3,4)/q-3;;4*+1;;/p-3. The largest absolute Gasteiger partial charge is 1.00 e. The van der Waals surface area contributed by atoms with E-state index in [1.165, 1.54) is 25.3 Å². The normalized spacial score (nSPS) is 11.5. The smallest absolute Gasteiger partial charge is 0.744 e. The van der Waals surface area contributed by atoms with E-state index in [4.69, 9.17) is 39.8 Å². The minimum atomic E-state index is -5.08. The van der Waals surface area contributed by atoms with Crippen molar-refractivity contribution in [3.05, 3.63) is 68.4 Å². The Morgan fingerprint density at radius 1 is 0.705 bits per heavy atom. The first kappa shape index (κ1) is 67.2. The molecule has 33 heteroatoms. The number of sulfone groups is 2. The van der Waals surface area contributed by atoms with Crippen LogP contribution in [0, 0.1) is 19.9 Å². The van der Waals surface area contributed by atoms with E-state index in [9.17, 15) is 40.0 Å². The second-order valence-electron chi connectivity index (χ2n) is 10.1. The summed E-state index contributed by atoms with van der Waals surface area (Å²) in [5.41, 5.74) is -0.502. The van der Waals surface area contributed by atoms with Crippen molar-refractivity contribution in [2.75, 3.05) is 31.0 Å². The Morgan fingerprint density at radius 3 is 1.67 bits per heavy atom. The van der Waals surface area contributed by atoms with Crippen LogP contribution in [0.15, 0.2) is 83.7 Å². The first-order chi connectivity index (χ1) is 25.6. The van der Waals surface area contributed by atoms with Gasteiger partial charge in [-0.05, 0) is 24.3 Å². The third-order valence-corrected chi connectivity index (χ3v) is 10.4. The Kier molecular flexibility index (Phi) is 30.8. The molecule has 0 saturated heterocycles. The Morgan fingerprint density at radius 2 is 1.21 bits per heavy atom. The van der Waals surface area contributed by atoms with Gasteiger partial charge in [-0.2, -0.15) is 27.5 Å². The predicted molar refractivity (Wildman–Crippen MR) is 191 cm³/mol. The maximum atomic E-state index is 12.3. The third-order valence-electron chi connectivity index (χ3n) is 6.53. The van der Waals surface area contributed by atoms with E-state index in [2.05, 4.69) is 45.7 Å². The third kappa shape index (κ3) is 21.2. The molecule has 0 atom stereocenters.